The minimum Gasteiger partial charge on any atom is -0.314 e. The van der Waals surface area contributed by atoms with E-state index in [1.165, 1.54) is 38.9 Å². The smallest absolute Gasteiger partial charge is 0.00966 e. The highest BCUT2D eigenvalue weighted by Crippen LogP contribution is 2.30. The zero-order chi connectivity index (χ0) is 10.8. The highest BCUT2D eigenvalue weighted by molar-refractivity contribution is 4.89. The molecule has 2 rings (SSSR count). The predicted molar refractivity (Wildman–Crippen MR) is 65.0 cm³/mol. The molecule has 2 atom stereocenters. The van der Waals surface area contributed by atoms with E-state index in [-0.39, 0.29) is 0 Å². The molecule has 2 heteroatoms. The van der Waals surface area contributed by atoms with Gasteiger partial charge in [0.05, 0.1) is 0 Å². The molecular weight excluding hydrogens is 184 g/mol. The van der Waals surface area contributed by atoms with Gasteiger partial charge in [-0.3, -0.25) is 4.90 Å². The molecule has 1 N–H and O–H groups in total. The van der Waals surface area contributed by atoms with E-state index in [1.807, 2.05) is 0 Å². The number of hydrogen-bond acceptors (Lipinski definition) is 2. The van der Waals surface area contributed by atoms with E-state index in [2.05, 4.69) is 31.0 Å². The molecule has 1 aliphatic heterocycles. The average molecular weight is 210 g/mol. The summed E-state index contributed by atoms with van der Waals surface area (Å²) in [5, 5.41) is 3.56. The summed E-state index contributed by atoms with van der Waals surface area (Å²) in [5.41, 5.74) is 0. The summed E-state index contributed by atoms with van der Waals surface area (Å²) in [5.74, 6) is 1.71. The Morgan fingerprint density at radius 2 is 2.00 bits per heavy atom. The topological polar surface area (TPSA) is 15.3 Å². The Labute approximate surface area is 94.4 Å². The molecule has 1 saturated heterocycles. The lowest BCUT2D eigenvalue weighted by Gasteiger charge is -2.28. The molecule has 0 aromatic heterocycles. The quantitative estimate of drug-likeness (QED) is 0.747. The zero-order valence-electron chi connectivity index (χ0n) is 10.5. The molecule has 2 aliphatic rings. The Morgan fingerprint density at radius 1 is 1.27 bits per heavy atom. The number of nitrogens with one attached hydrogen (secondary N) is 1. The lowest BCUT2D eigenvalue weighted by Crippen LogP contribution is -2.38. The van der Waals surface area contributed by atoms with Gasteiger partial charge in [-0.05, 0) is 44.6 Å². The van der Waals surface area contributed by atoms with Crippen molar-refractivity contribution < 1.29 is 0 Å². The van der Waals surface area contributed by atoms with Gasteiger partial charge in [-0.25, -0.2) is 0 Å². The van der Waals surface area contributed by atoms with Gasteiger partial charge in [0.25, 0.3) is 0 Å². The van der Waals surface area contributed by atoms with Crippen LogP contribution >= 0.6 is 0 Å². The van der Waals surface area contributed by atoms with Gasteiger partial charge in [0, 0.05) is 25.2 Å². The minimum absolute atomic E-state index is 0.735. The summed E-state index contributed by atoms with van der Waals surface area (Å²) in [6.07, 6.45) is 4.27. The lowest BCUT2D eigenvalue weighted by molar-refractivity contribution is 0.193. The van der Waals surface area contributed by atoms with Crippen LogP contribution in [0.4, 0.5) is 0 Å². The van der Waals surface area contributed by atoms with Crippen molar-refractivity contribution in [2.24, 2.45) is 11.8 Å². The minimum atomic E-state index is 0.735. The van der Waals surface area contributed by atoms with E-state index < -0.39 is 0 Å². The van der Waals surface area contributed by atoms with Crippen LogP contribution in [0.15, 0.2) is 0 Å². The van der Waals surface area contributed by atoms with Crippen LogP contribution < -0.4 is 5.32 Å². The fourth-order valence-corrected chi connectivity index (χ4v) is 2.75. The van der Waals surface area contributed by atoms with Crippen LogP contribution in [-0.2, 0) is 0 Å². The predicted octanol–water partition coefficient (Wildman–Crippen LogP) is 2.10. The molecule has 0 amide bonds. The van der Waals surface area contributed by atoms with Crippen LogP contribution in [0, 0.1) is 11.8 Å². The van der Waals surface area contributed by atoms with Gasteiger partial charge in [0.2, 0.25) is 0 Å². The first-order valence-electron chi connectivity index (χ1n) is 6.64. The van der Waals surface area contributed by atoms with E-state index in [1.54, 1.807) is 0 Å². The molecule has 15 heavy (non-hydrogen) atoms. The molecule has 0 aromatic rings. The SMILES string of the molecule is CC(C)CN(CC1CCNC1C)C1CC1. The molecule has 0 spiro atoms. The zero-order valence-corrected chi connectivity index (χ0v) is 10.5. The molecule has 2 nitrogen and oxygen atoms in total. The molecule has 0 bridgehead atoms. The monoisotopic (exact) mass is 210 g/mol. The third kappa shape index (κ3) is 3.18. The number of rotatable bonds is 5. The molecule has 2 unspecified atom stereocenters. The molecule has 1 aliphatic carbocycles. The van der Waals surface area contributed by atoms with Gasteiger partial charge in [0.15, 0.2) is 0 Å². The summed E-state index contributed by atoms with van der Waals surface area (Å²) in [7, 11) is 0. The fourth-order valence-electron chi connectivity index (χ4n) is 2.75. The second-order valence-electron chi connectivity index (χ2n) is 5.87. The molecule has 0 aromatic carbocycles. The summed E-state index contributed by atoms with van der Waals surface area (Å²) in [6.45, 7) is 10.9. The average Bonchev–Trinajstić information content (AvgIpc) is 2.92. The number of hydrogen-bond donors (Lipinski definition) is 1. The maximum atomic E-state index is 3.56. The van der Waals surface area contributed by atoms with Gasteiger partial charge in [0.1, 0.15) is 0 Å². The standard InChI is InChI=1S/C13H26N2/c1-10(2)8-15(13-4-5-13)9-12-6-7-14-11(12)3/h10-14H,4-9H2,1-3H3. The van der Waals surface area contributed by atoms with Crippen LogP contribution in [-0.4, -0.2) is 36.6 Å². The van der Waals surface area contributed by atoms with Crippen molar-refractivity contribution in [3.8, 4) is 0 Å². The highest BCUT2D eigenvalue weighted by atomic mass is 15.2. The van der Waals surface area contributed by atoms with Crippen LogP contribution in [0.5, 0.6) is 0 Å². The van der Waals surface area contributed by atoms with E-state index >= 15 is 0 Å². The largest absolute Gasteiger partial charge is 0.314 e. The van der Waals surface area contributed by atoms with Crippen LogP contribution in [0.2, 0.25) is 0 Å². The summed E-state index contributed by atoms with van der Waals surface area (Å²) in [6, 6.07) is 1.67. The maximum Gasteiger partial charge on any atom is 0.00966 e. The van der Waals surface area contributed by atoms with Gasteiger partial charge in [-0.15, -0.1) is 0 Å². The van der Waals surface area contributed by atoms with Gasteiger partial charge in [-0.2, -0.15) is 0 Å². The van der Waals surface area contributed by atoms with Crippen molar-refractivity contribution in [2.45, 2.75) is 52.1 Å². The second kappa shape index (κ2) is 4.84. The second-order valence-corrected chi connectivity index (χ2v) is 5.87. The Hall–Kier alpha value is -0.0800. The maximum absolute atomic E-state index is 3.56. The first kappa shape index (κ1) is 11.4. The third-order valence-electron chi connectivity index (χ3n) is 3.82. The van der Waals surface area contributed by atoms with E-state index in [9.17, 15) is 0 Å². The lowest BCUT2D eigenvalue weighted by atomic mass is 10.0. The van der Waals surface area contributed by atoms with E-state index in [0.29, 0.717) is 0 Å². The Morgan fingerprint density at radius 3 is 2.47 bits per heavy atom. The Bertz CT molecular complexity index is 199. The van der Waals surface area contributed by atoms with Gasteiger partial charge in [-0.1, -0.05) is 13.8 Å². The molecule has 1 saturated carbocycles. The summed E-state index contributed by atoms with van der Waals surface area (Å²) in [4.78, 5) is 2.75. The molecule has 0 radical (unpaired) electrons. The van der Waals surface area contributed by atoms with E-state index in [0.717, 1.165) is 23.9 Å². The fraction of sp³-hybridized carbons (Fsp3) is 1.00. The van der Waals surface area contributed by atoms with E-state index in [4.69, 9.17) is 0 Å². The third-order valence-corrected chi connectivity index (χ3v) is 3.82. The summed E-state index contributed by atoms with van der Waals surface area (Å²) < 4.78 is 0. The normalized spacial score (nSPS) is 31.8. The van der Waals surface area contributed by atoms with Crippen molar-refractivity contribution in [3.63, 3.8) is 0 Å². The Kier molecular flexibility index (Phi) is 3.68. The first-order valence-corrected chi connectivity index (χ1v) is 6.64. The molecule has 1 heterocycles. The van der Waals surface area contributed by atoms with Gasteiger partial charge < -0.3 is 5.32 Å². The van der Waals surface area contributed by atoms with Crippen molar-refractivity contribution in [2.75, 3.05) is 19.6 Å². The van der Waals surface area contributed by atoms with Crippen molar-refractivity contribution in [3.05, 3.63) is 0 Å². The van der Waals surface area contributed by atoms with Crippen molar-refractivity contribution in [1.29, 1.82) is 0 Å². The number of nitrogens with zero attached hydrogens (tertiary/aromatic N) is 1. The molecule has 2 fully saturated rings. The van der Waals surface area contributed by atoms with Gasteiger partial charge >= 0.3 is 0 Å². The highest BCUT2D eigenvalue weighted by Gasteiger charge is 2.33. The Balaban J connectivity index is 1.82. The van der Waals surface area contributed by atoms with Crippen molar-refractivity contribution >= 4 is 0 Å². The summed E-state index contributed by atoms with van der Waals surface area (Å²) >= 11 is 0. The van der Waals surface area contributed by atoms with Crippen molar-refractivity contribution in [1.82, 2.24) is 10.2 Å². The van der Waals surface area contributed by atoms with Crippen LogP contribution in [0.3, 0.4) is 0 Å². The molecule has 88 valence electrons. The first-order chi connectivity index (χ1) is 7.16. The molecular formula is C13H26N2. The van der Waals surface area contributed by atoms with Crippen LogP contribution in [0.1, 0.15) is 40.0 Å². The van der Waals surface area contributed by atoms with Crippen LogP contribution in [0.25, 0.3) is 0 Å².